The van der Waals surface area contributed by atoms with Gasteiger partial charge >= 0.3 is 11.9 Å². The number of amidine groups is 1. The topological polar surface area (TPSA) is 101 Å². The minimum atomic E-state index is -0.811. The first kappa shape index (κ1) is 21.1. The van der Waals surface area contributed by atoms with E-state index >= 15 is 0 Å². The van der Waals surface area contributed by atoms with Crippen molar-refractivity contribution in [2.45, 2.75) is 13.5 Å². The number of benzene rings is 2. The Bertz CT molecular complexity index is 1290. The number of amides is 1. The summed E-state index contributed by atoms with van der Waals surface area (Å²) in [6.45, 7) is 3.52. The number of aryl methyl sites for hydroxylation is 1. The third kappa shape index (κ3) is 4.31. The van der Waals surface area contributed by atoms with Crippen LogP contribution in [0.15, 0.2) is 61.1 Å². The van der Waals surface area contributed by atoms with Crippen molar-refractivity contribution in [1.82, 2.24) is 9.80 Å². The summed E-state index contributed by atoms with van der Waals surface area (Å²) in [5, 5.41) is 4.05. The van der Waals surface area contributed by atoms with E-state index in [2.05, 4.69) is 10.2 Å². The summed E-state index contributed by atoms with van der Waals surface area (Å²) in [4.78, 5) is 32.4. The first-order valence-corrected chi connectivity index (χ1v) is 10.9. The minimum Gasteiger partial charge on any atom is -0.441 e. The highest BCUT2D eigenvalue weighted by molar-refractivity contribution is 6.31. The molecule has 10 heteroatoms. The molecule has 9 nitrogen and oxygen atoms in total. The molecule has 33 heavy (non-hydrogen) atoms. The van der Waals surface area contributed by atoms with Gasteiger partial charge in [0.2, 0.25) is 0 Å². The van der Waals surface area contributed by atoms with Gasteiger partial charge < -0.3 is 28.7 Å². The van der Waals surface area contributed by atoms with Crippen LogP contribution in [0, 0.1) is 6.92 Å². The normalized spacial score (nSPS) is 15.2. The van der Waals surface area contributed by atoms with Gasteiger partial charge in [-0.25, -0.2) is 14.6 Å². The Morgan fingerprint density at radius 2 is 1.91 bits per heavy atom. The molecule has 0 radical (unpaired) electrons. The summed E-state index contributed by atoms with van der Waals surface area (Å²) in [6.07, 6.45) is -0.472. The van der Waals surface area contributed by atoms with Gasteiger partial charge in [-0.2, -0.15) is 0 Å². The fourth-order valence-electron chi connectivity index (χ4n) is 3.88. The van der Waals surface area contributed by atoms with Crippen molar-refractivity contribution in [1.29, 1.82) is 0 Å². The third-order valence-corrected chi connectivity index (χ3v) is 5.86. The van der Waals surface area contributed by atoms with E-state index in [1.165, 1.54) is 0 Å². The maximum absolute atomic E-state index is 12.5. The SMILES string of the molecule is Cc1oc(=O)oc1COC(=O)N1CCN(C2=Nc3cc(Cl)ccc3Nc3ccccc32)CC1. The number of nitrogens with one attached hydrogen (secondary N) is 1. The van der Waals surface area contributed by atoms with Crippen molar-refractivity contribution in [3.63, 3.8) is 0 Å². The lowest BCUT2D eigenvalue weighted by molar-refractivity contribution is 0.0769. The first-order chi connectivity index (χ1) is 16.0. The van der Waals surface area contributed by atoms with Gasteiger partial charge in [-0.05, 0) is 37.3 Å². The Morgan fingerprint density at radius 1 is 1.12 bits per heavy atom. The molecule has 1 amide bonds. The third-order valence-electron chi connectivity index (χ3n) is 5.62. The Hall–Kier alpha value is -3.72. The molecule has 1 aromatic heterocycles. The predicted octanol–water partition coefficient (Wildman–Crippen LogP) is 4.28. The molecule has 0 aliphatic carbocycles. The summed E-state index contributed by atoms with van der Waals surface area (Å²) in [5.74, 6) is 0.523. The van der Waals surface area contributed by atoms with Crippen LogP contribution in [-0.4, -0.2) is 47.9 Å². The van der Waals surface area contributed by atoms with Gasteiger partial charge in [0.25, 0.3) is 0 Å². The molecule has 3 aromatic rings. The molecular weight excluding hydrogens is 448 g/mol. The number of anilines is 2. The lowest BCUT2D eigenvalue weighted by atomic mass is 10.1. The largest absolute Gasteiger partial charge is 0.519 e. The molecule has 0 bridgehead atoms. The Labute approximate surface area is 194 Å². The Kier molecular flexibility index (Phi) is 5.55. The highest BCUT2D eigenvalue weighted by atomic mass is 35.5. The van der Waals surface area contributed by atoms with Crippen LogP contribution in [0.2, 0.25) is 5.02 Å². The van der Waals surface area contributed by atoms with E-state index in [4.69, 9.17) is 30.2 Å². The molecule has 0 atom stereocenters. The number of aliphatic imine (C=N–C) groups is 1. The van der Waals surface area contributed by atoms with Crippen molar-refractivity contribution in [2.75, 3.05) is 31.5 Å². The number of carbonyl (C=O) groups is 1. The van der Waals surface area contributed by atoms with E-state index in [0.29, 0.717) is 37.0 Å². The van der Waals surface area contributed by atoms with Crippen LogP contribution >= 0.6 is 11.6 Å². The second-order valence-electron chi connectivity index (χ2n) is 7.73. The summed E-state index contributed by atoms with van der Waals surface area (Å²) in [6, 6.07) is 13.6. The molecule has 2 aliphatic heterocycles. The Morgan fingerprint density at radius 3 is 2.67 bits per heavy atom. The number of halogens is 1. The van der Waals surface area contributed by atoms with E-state index < -0.39 is 11.9 Å². The molecule has 0 saturated carbocycles. The number of hydrogen-bond donors (Lipinski definition) is 1. The van der Waals surface area contributed by atoms with Crippen molar-refractivity contribution in [3.05, 3.63) is 75.2 Å². The number of ether oxygens (including phenoxy) is 1. The van der Waals surface area contributed by atoms with Crippen LogP contribution in [0.25, 0.3) is 0 Å². The molecular formula is C23H21ClN4O5. The molecule has 1 N–H and O–H groups in total. The fraction of sp³-hybridized carbons (Fsp3) is 0.261. The summed E-state index contributed by atoms with van der Waals surface area (Å²) in [5.41, 5.74) is 3.57. The van der Waals surface area contributed by atoms with Gasteiger partial charge in [-0.1, -0.05) is 23.7 Å². The number of nitrogens with zero attached hydrogens (tertiary/aromatic N) is 3. The average Bonchev–Trinajstić information content (AvgIpc) is 3.05. The quantitative estimate of drug-likeness (QED) is 0.598. The molecule has 0 spiro atoms. The minimum absolute atomic E-state index is 0.153. The molecule has 2 aromatic carbocycles. The van der Waals surface area contributed by atoms with Gasteiger partial charge in [0.15, 0.2) is 18.1 Å². The zero-order valence-corrected chi connectivity index (χ0v) is 18.6. The van der Waals surface area contributed by atoms with E-state index in [1.807, 2.05) is 42.5 Å². The van der Waals surface area contributed by atoms with E-state index in [1.54, 1.807) is 11.8 Å². The maximum Gasteiger partial charge on any atom is 0.519 e. The highest BCUT2D eigenvalue weighted by Crippen LogP contribution is 2.36. The molecule has 5 rings (SSSR count). The summed E-state index contributed by atoms with van der Waals surface area (Å²) >= 11 is 6.22. The Balaban J connectivity index is 1.31. The van der Waals surface area contributed by atoms with Crippen LogP contribution in [0.4, 0.5) is 21.9 Å². The number of para-hydroxylation sites is 1. The average molecular weight is 469 g/mol. The second kappa shape index (κ2) is 8.67. The van der Waals surface area contributed by atoms with Gasteiger partial charge in [0.05, 0.1) is 11.4 Å². The van der Waals surface area contributed by atoms with E-state index in [0.717, 1.165) is 28.5 Å². The van der Waals surface area contributed by atoms with Gasteiger partial charge in [0.1, 0.15) is 5.84 Å². The van der Waals surface area contributed by atoms with Crippen molar-refractivity contribution >= 4 is 40.6 Å². The summed E-state index contributed by atoms with van der Waals surface area (Å²) < 4.78 is 15.0. The molecule has 170 valence electrons. The van der Waals surface area contributed by atoms with Gasteiger partial charge in [-0.3, -0.25) is 0 Å². The molecule has 1 fully saturated rings. The summed E-state index contributed by atoms with van der Waals surface area (Å²) in [7, 11) is 0. The number of fused-ring (bicyclic) bond motifs is 2. The van der Waals surface area contributed by atoms with Crippen LogP contribution in [0.5, 0.6) is 0 Å². The number of hydrogen-bond acceptors (Lipinski definition) is 8. The lowest BCUT2D eigenvalue weighted by Crippen LogP contribution is -2.50. The monoisotopic (exact) mass is 468 g/mol. The van der Waals surface area contributed by atoms with E-state index in [-0.39, 0.29) is 12.4 Å². The van der Waals surface area contributed by atoms with Crippen LogP contribution in [-0.2, 0) is 11.3 Å². The fourth-order valence-corrected chi connectivity index (χ4v) is 4.04. The number of piperazine rings is 1. The van der Waals surface area contributed by atoms with Crippen molar-refractivity contribution in [3.8, 4) is 0 Å². The first-order valence-electron chi connectivity index (χ1n) is 10.5. The zero-order valence-electron chi connectivity index (χ0n) is 17.8. The standard InChI is InChI=1S/C23H21ClN4O5/c1-14-20(33-23(30)32-14)13-31-22(29)28-10-8-27(9-11-28)21-16-4-2-3-5-17(16)25-18-7-6-15(24)12-19(18)26-21/h2-7,12,25H,8-11,13H2,1H3. The number of rotatable bonds is 2. The molecule has 0 unspecified atom stereocenters. The van der Waals surface area contributed by atoms with Crippen LogP contribution in [0.3, 0.4) is 0 Å². The number of carbonyl (C=O) groups excluding carboxylic acids is 1. The van der Waals surface area contributed by atoms with Gasteiger partial charge in [-0.15, -0.1) is 0 Å². The van der Waals surface area contributed by atoms with Gasteiger partial charge in [0, 0.05) is 42.5 Å². The van der Waals surface area contributed by atoms with E-state index in [9.17, 15) is 9.59 Å². The van der Waals surface area contributed by atoms with Crippen LogP contribution in [0.1, 0.15) is 17.1 Å². The zero-order chi connectivity index (χ0) is 22.9. The smallest absolute Gasteiger partial charge is 0.441 e. The highest BCUT2D eigenvalue weighted by Gasteiger charge is 2.27. The molecule has 1 saturated heterocycles. The molecule has 2 aliphatic rings. The van der Waals surface area contributed by atoms with Crippen LogP contribution < -0.4 is 11.1 Å². The molecule has 3 heterocycles. The predicted molar refractivity (Wildman–Crippen MR) is 123 cm³/mol. The lowest BCUT2D eigenvalue weighted by Gasteiger charge is -2.36. The second-order valence-corrected chi connectivity index (χ2v) is 8.17. The van der Waals surface area contributed by atoms with Crippen molar-refractivity contribution < 1.29 is 18.4 Å². The maximum atomic E-state index is 12.5. The van der Waals surface area contributed by atoms with Crippen molar-refractivity contribution in [2.24, 2.45) is 4.99 Å².